The van der Waals surface area contributed by atoms with E-state index < -0.39 is 0 Å². The molecule has 0 aromatic carbocycles. The number of urea groups is 2. The first-order chi connectivity index (χ1) is 11.6. The minimum absolute atomic E-state index is 0.0240. The number of hydrogen-bond acceptors (Lipinski definition) is 3. The number of carbonyl (C=O) groups excluding carboxylic acids is 2. The second-order valence-corrected chi connectivity index (χ2v) is 6.56. The molecule has 0 saturated carbocycles. The number of imidazole rings is 1. The number of amides is 4. The number of piperazine rings is 1. The van der Waals surface area contributed by atoms with Crippen LogP contribution in [0.3, 0.4) is 0 Å². The molecule has 1 atom stereocenters. The summed E-state index contributed by atoms with van der Waals surface area (Å²) in [6, 6.07) is 0.0906. The van der Waals surface area contributed by atoms with Crippen LogP contribution < -0.4 is 5.32 Å². The van der Waals surface area contributed by atoms with E-state index in [1.54, 1.807) is 17.4 Å². The Labute approximate surface area is 142 Å². The molecule has 1 N–H and O–H groups in total. The summed E-state index contributed by atoms with van der Waals surface area (Å²) in [5, 5.41) is 3.01. The first-order valence-corrected chi connectivity index (χ1v) is 8.68. The van der Waals surface area contributed by atoms with Crippen molar-refractivity contribution in [1.82, 2.24) is 29.6 Å². The zero-order chi connectivity index (χ0) is 16.9. The van der Waals surface area contributed by atoms with Crippen molar-refractivity contribution in [2.75, 3.05) is 39.3 Å². The molecule has 8 heteroatoms. The molecule has 2 saturated heterocycles. The Morgan fingerprint density at radius 1 is 1.04 bits per heavy atom. The van der Waals surface area contributed by atoms with Gasteiger partial charge in [0.25, 0.3) is 0 Å². The molecule has 3 rings (SSSR count). The molecule has 2 aliphatic rings. The van der Waals surface area contributed by atoms with E-state index in [-0.39, 0.29) is 18.1 Å². The van der Waals surface area contributed by atoms with Gasteiger partial charge in [-0.25, -0.2) is 14.6 Å². The van der Waals surface area contributed by atoms with Gasteiger partial charge in [0.1, 0.15) is 0 Å². The van der Waals surface area contributed by atoms with E-state index in [1.165, 1.54) is 0 Å². The van der Waals surface area contributed by atoms with Gasteiger partial charge in [0, 0.05) is 64.2 Å². The van der Waals surface area contributed by atoms with Crippen molar-refractivity contribution in [3.05, 3.63) is 18.7 Å². The molecule has 0 radical (unpaired) electrons. The summed E-state index contributed by atoms with van der Waals surface area (Å²) in [4.78, 5) is 34.3. The number of nitrogens with zero attached hydrogens (tertiary/aromatic N) is 5. The maximum atomic E-state index is 12.4. The molecule has 2 aliphatic heterocycles. The van der Waals surface area contributed by atoms with E-state index in [4.69, 9.17) is 0 Å². The fourth-order valence-electron chi connectivity index (χ4n) is 3.27. The van der Waals surface area contributed by atoms with Crippen LogP contribution in [0.5, 0.6) is 0 Å². The molecule has 2 fully saturated rings. The fraction of sp³-hybridized carbons (Fsp3) is 0.688. The van der Waals surface area contributed by atoms with Gasteiger partial charge < -0.3 is 24.6 Å². The number of likely N-dealkylation sites (tertiary alicyclic amines) is 1. The second kappa shape index (κ2) is 7.55. The lowest BCUT2D eigenvalue weighted by atomic mass is 10.3. The van der Waals surface area contributed by atoms with Crippen LogP contribution in [0.2, 0.25) is 0 Å². The number of aromatic nitrogens is 2. The van der Waals surface area contributed by atoms with Gasteiger partial charge in [0.15, 0.2) is 0 Å². The zero-order valence-corrected chi connectivity index (χ0v) is 14.2. The third kappa shape index (κ3) is 3.98. The van der Waals surface area contributed by atoms with Crippen LogP contribution >= 0.6 is 0 Å². The van der Waals surface area contributed by atoms with Crippen molar-refractivity contribution in [3.8, 4) is 0 Å². The molecule has 132 valence electrons. The Morgan fingerprint density at radius 2 is 1.67 bits per heavy atom. The third-order valence-electron chi connectivity index (χ3n) is 4.63. The molecule has 24 heavy (non-hydrogen) atoms. The summed E-state index contributed by atoms with van der Waals surface area (Å²) in [7, 11) is 0. The van der Waals surface area contributed by atoms with Crippen molar-refractivity contribution in [2.24, 2.45) is 0 Å². The SMILES string of the molecule is CC(Cn1ccnc1)NC(=O)N1CCN(C(=O)N2CCCC2)CC1. The standard InChI is InChI=1S/C16H26N6O2/c1-14(12-19-7-4-17-13-19)18-15(23)20-8-10-22(11-9-20)16(24)21-5-2-3-6-21/h4,7,13-14H,2-3,5-6,8-12H2,1H3,(H,18,23). The van der Waals surface area contributed by atoms with Gasteiger partial charge in [-0.3, -0.25) is 0 Å². The average molecular weight is 334 g/mol. The van der Waals surface area contributed by atoms with E-state index in [1.807, 2.05) is 27.5 Å². The molecule has 0 spiro atoms. The molecule has 1 aromatic heterocycles. The Kier molecular flexibility index (Phi) is 5.22. The second-order valence-electron chi connectivity index (χ2n) is 6.56. The molecular weight excluding hydrogens is 308 g/mol. The molecule has 0 aliphatic carbocycles. The van der Waals surface area contributed by atoms with E-state index >= 15 is 0 Å². The highest BCUT2D eigenvalue weighted by atomic mass is 16.2. The van der Waals surface area contributed by atoms with Crippen molar-refractivity contribution in [1.29, 1.82) is 0 Å². The summed E-state index contributed by atoms with van der Waals surface area (Å²) < 4.78 is 1.94. The summed E-state index contributed by atoms with van der Waals surface area (Å²) in [6.07, 6.45) is 7.55. The topological polar surface area (TPSA) is 73.7 Å². The highest BCUT2D eigenvalue weighted by Gasteiger charge is 2.28. The lowest BCUT2D eigenvalue weighted by Crippen LogP contribution is -2.56. The van der Waals surface area contributed by atoms with Crippen LogP contribution in [0.15, 0.2) is 18.7 Å². The Hall–Kier alpha value is -2.25. The highest BCUT2D eigenvalue weighted by Crippen LogP contribution is 2.12. The van der Waals surface area contributed by atoms with E-state index in [9.17, 15) is 9.59 Å². The third-order valence-corrected chi connectivity index (χ3v) is 4.63. The quantitative estimate of drug-likeness (QED) is 0.889. The van der Waals surface area contributed by atoms with Gasteiger partial charge in [0.05, 0.1) is 6.33 Å². The number of rotatable bonds is 3. The maximum Gasteiger partial charge on any atom is 0.320 e. The van der Waals surface area contributed by atoms with Gasteiger partial charge in [-0.2, -0.15) is 0 Å². The monoisotopic (exact) mass is 334 g/mol. The summed E-state index contributed by atoms with van der Waals surface area (Å²) in [6.45, 7) is 6.80. The first kappa shape index (κ1) is 16.6. The van der Waals surface area contributed by atoms with E-state index in [0.29, 0.717) is 32.7 Å². The smallest absolute Gasteiger partial charge is 0.320 e. The largest absolute Gasteiger partial charge is 0.335 e. The predicted octanol–water partition coefficient (Wildman–Crippen LogP) is 0.815. The molecule has 3 heterocycles. The molecular formula is C16H26N6O2. The van der Waals surface area contributed by atoms with Crippen LogP contribution in [0.25, 0.3) is 0 Å². The van der Waals surface area contributed by atoms with Crippen LogP contribution in [-0.2, 0) is 6.54 Å². The minimum Gasteiger partial charge on any atom is -0.335 e. The molecule has 4 amide bonds. The summed E-state index contributed by atoms with van der Waals surface area (Å²) in [5.74, 6) is 0. The fourth-order valence-corrected chi connectivity index (χ4v) is 3.27. The van der Waals surface area contributed by atoms with E-state index in [0.717, 1.165) is 25.9 Å². The summed E-state index contributed by atoms with van der Waals surface area (Å²) >= 11 is 0. The summed E-state index contributed by atoms with van der Waals surface area (Å²) in [5.41, 5.74) is 0. The zero-order valence-electron chi connectivity index (χ0n) is 14.2. The maximum absolute atomic E-state index is 12.4. The lowest BCUT2D eigenvalue weighted by molar-refractivity contribution is 0.123. The molecule has 8 nitrogen and oxygen atoms in total. The van der Waals surface area contributed by atoms with Crippen molar-refractivity contribution >= 4 is 12.1 Å². The minimum atomic E-state index is -0.0594. The van der Waals surface area contributed by atoms with Gasteiger partial charge in [-0.05, 0) is 19.8 Å². The van der Waals surface area contributed by atoms with Crippen LogP contribution in [0, 0.1) is 0 Å². The Balaban J connectivity index is 1.42. The van der Waals surface area contributed by atoms with Gasteiger partial charge in [-0.1, -0.05) is 0 Å². The van der Waals surface area contributed by atoms with Crippen LogP contribution in [0.1, 0.15) is 19.8 Å². The van der Waals surface area contributed by atoms with Crippen molar-refractivity contribution in [3.63, 3.8) is 0 Å². The first-order valence-electron chi connectivity index (χ1n) is 8.68. The van der Waals surface area contributed by atoms with Gasteiger partial charge in [-0.15, -0.1) is 0 Å². The average Bonchev–Trinajstić information content (AvgIpc) is 3.27. The number of carbonyl (C=O) groups is 2. The van der Waals surface area contributed by atoms with Crippen LogP contribution in [-0.4, -0.2) is 81.6 Å². The van der Waals surface area contributed by atoms with Crippen LogP contribution in [0.4, 0.5) is 9.59 Å². The molecule has 1 aromatic rings. The normalized spacial score (nSPS) is 19.5. The molecule has 0 bridgehead atoms. The molecule has 1 unspecified atom stereocenters. The lowest BCUT2D eigenvalue weighted by Gasteiger charge is -2.37. The number of hydrogen-bond donors (Lipinski definition) is 1. The van der Waals surface area contributed by atoms with E-state index in [2.05, 4.69) is 10.3 Å². The predicted molar refractivity (Wildman–Crippen MR) is 89.6 cm³/mol. The van der Waals surface area contributed by atoms with Crippen molar-refractivity contribution in [2.45, 2.75) is 32.4 Å². The van der Waals surface area contributed by atoms with Crippen molar-refractivity contribution < 1.29 is 9.59 Å². The Morgan fingerprint density at radius 3 is 2.29 bits per heavy atom. The Bertz CT molecular complexity index is 547. The van der Waals surface area contributed by atoms with Gasteiger partial charge in [0.2, 0.25) is 0 Å². The number of nitrogens with one attached hydrogen (secondary N) is 1. The van der Waals surface area contributed by atoms with Gasteiger partial charge >= 0.3 is 12.1 Å². The highest BCUT2D eigenvalue weighted by molar-refractivity contribution is 5.77.